The zero-order valence-corrected chi connectivity index (χ0v) is 18.1. The predicted octanol–water partition coefficient (Wildman–Crippen LogP) is 3.48. The lowest BCUT2D eigenvalue weighted by molar-refractivity contribution is 0.329. The maximum absolute atomic E-state index is 12.5. The fourth-order valence-electron chi connectivity index (χ4n) is 3.42. The van der Waals surface area contributed by atoms with Gasteiger partial charge in [0.1, 0.15) is 5.69 Å². The van der Waals surface area contributed by atoms with Gasteiger partial charge in [-0.3, -0.25) is 4.98 Å². The van der Waals surface area contributed by atoms with Crippen molar-refractivity contribution in [3.63, 3.8) is 0 Å². The Bertz CT molecular complexity index is 1100. The van der Waals surface area contributed by atoms with Crippen LogP contribution >= 0.6 is 0 Å². The predicted molar refractivity (Wildman–Crippen MR) is 113 cm³/mol. The molecule has 0 unspecified atom stereocenters. The van der Waals surface area contributed by atoms with Gasteiger partial charge in [0, 0.05) is 25.2 Å². The van der Waals surface area contributed by atoms with Gasteiger partial charge in [-0.25, -0.2) is 13.4 Å². The number of pyridine rings is 2. The Labute approximate surface area is 176 Å². The van der Waals surface area contributed by atoms with Crippen molar-refractivity contribution in [3.05, 3.63) is 48.6 Å². The summed E-state index contributed by atoms with van der Waals surface area (Å²) in [6, 6.07) is 9.02. The second-order valence-corrected chi connectivity index (χ2v) is 11.1. The molecule has 1 aliphatic rings. The molecule has 0 N–H and O–H groups in total. The molecule has 1 aliphatic heterocycles. The second kappa shape index (κ2) is 7.79. The fourth-order valence-corrected chi connectivity index (χ4v) is 4.48. The molecule has 0 amide bonds. The molecule has 0 atom stereocenters. The number of anilines is 1. The van der Waals surface area contributed by atoms with E-state index in [1.807, 2.05) is 24.3 Å². The van der Waals surface area contributed by atoms with Gasteiger partial charge in [0.2, 0.25) is 11.7 Å². The van der Waals surface area contributed by atoms with Crippen molar-refractivity contribution in [1.82, 2.24) is 20.1 Å². The number of hydrogen-bond donors (Lipinski definition) is 0. The number of rotatable bonds is 4. The smallest absolute Gasteiger partial charge is 0.230 e. The summed E-state index contributed by atoms with van der Waals surface area (Å²) in [6.07, 6.45) is 5.08. The van der Waals surface area contributed by atoms with Crippen molar-refractivity contribution < 1.29 is 12.9 Å². The molecular weight excluding hydrogens is 402 g/mol. The molecule has 4 rings (SSSR count). The summed E-state index contributed by atoms with van der Waals surface area (Å²) in [5, 5.41) is 4.17. The van der Waals surface area contributed by atoms with Crippen LogP contribution in [0.25, 0.3) is 11.5 Å². The normalized spacial score (nSPS) is 16.0. The summed E-state index contributed by atoms with van der Waals surface area (Å²) in [5.41, 5.74) is 1.61. The largest absolute Gasteiger partial charge is 0.370 e. The minimum absolute atomic E-state index is 0.113. The maximum Gasteiger partial charge on any atom is 0.230 e. The third-order valence-electron chi connectivity index (χ3n) is 5.35. The molecule has 0 spiro atoms. The highest BCUT2D eigenvalue weighted by atomic mass is 32.2. The minimum atomic E-state index is -3.45. The fraction of sp³-hybridized carbons (Fsp3) is 0.429. The Morgan fingerprint density at radius 2 is 1.83 bits per heavy atom. The lowest BCUT2D eigenvalue weighted by Crippen LogP contribution is -2.33. The van der Waals surface area contributed by atoms with E-state index in [-0.39, 0.29) is 10.9 Å². The lowest BCUT2D eigenvalue weighted by Gasteiger charge is -2.32. The summed E-state index contributed by atoms with van der Waals surface area (Å²) in [6.45, 7) is 6.65. The first kappa shape index (κ1) is 20.5. The van der Waals surface area contributed by atoms with Crippen LogP contribution in [0.1, 0.15) is 45.4 Å². The van der Waals surface area contributed by atoms with Crippen molar-refractivity contribution in [3.8, 4) is 11.5 Å². The third kappa shape index (κ3) is 3.94. The molecule has 1 saturated heterocycles. The topological polar surface area (TPSA) is 102 Å². The first-order valence-electron chi connectivity index (χ1n) is 9.96. The molecule has 3 aromatic rings. The highest BCUT2D eigenvalue weighted by molar-refractivity contribution is 7.92. The standard InChI is InChI=1S/C21H25N5O3S/c1-21(2,3)30(27,28)18-8-7-16(14-23-18)26-12-9-15(10-13-26)20-24-19(25-29-20)17-6-4-5-11-22-17/h4-8,11,14-15H,9-10,12-13H2,1-3H3. The van der Waals surface area contributed by atoms with Gasteiger partial charge < -0.3 is 9.42 Å². The average molecular weight is 428 g/mol. The Balaban J connectivity index is 1.41. The van der Waals surface area contributed by atoms with Crippen LogP contribution in [0.15, 0.2) is 52.3 Å². The maximum atomic E-state index is 12.5. The Hall–Kier alpha value is -2.81. The van der Waals surface area contributed by atoms with Crippen molar-refractivity contribution in [2.75, 3.05) is 18.0 Å². The van der Waals surface area contributed by atoms with E-state index in [1.54, 1.807) is 39.2 Å². The quantitative estimate of drug-likeness (QED) is 0.623. The van der Waals surface area contributed by atoms with Crippen LogP contribution in [0.5, 0.6) is 0 Å². The highest BCUT2D eigenvalue weighted by Crippen LogP contribution is 2.31. The van der Waals surface area contributed by atoms with Gasteiger partial charge in [-0.05, 0) is 57.9 Å². The van der Waals surface area contributed by atoms with Crippen molar-refractivity contribution in [2.24, 2.45) is 0 Å². The van der Waals surface area contributed by atoms with Crippen LogP contribution in [-0.2, 0) is 9.84 Å². The van der Waals surface area contributed by atoms with Crippen molar-refractivity contribution in [2.45, 2.75) is 49.3 Å². The Kier molecular flexibility index (Phi) is 5.31. The molecule has 0 aromatic carbocycles. The van der Waals surface area contributed by atoms with Crippen LogP contribution in [-0.4, -0.2) is 46.4 Å². The number of sulfone groups is 1. The molecule has 0 saturated carbocycles. The van der Waals surface area contributed by atoms with Gasteiger partial charge in [0.25, 0.3) is 0 Å². The van der Waals surface area contributed by atoms with E-state index < -0.39 is 14.6 Å². The molecule has 3 aromatic heterocycles. The Morgan fingerprint density at radius 1 is 1.07 bits per heavy atom. The van der Waals surface area contributed by atoms with Crippen LogP contribution in [0.4, 0.5) is 5.69 Å². The average Bonchev–Trinajstić information content (AvgIpc) is 3.24. The Morgan fingerprint density at radius 3 is 2.43 bits per heavy atom. The van der Waals surface area contributed by atoms with E-state index in [2.05, 4.69) is 25.0 Å². The van der Waals surface area contributed by atoms with E-state index in [0.717, 1.165) is 31.6 Å². The summed E-state index contributed by atoms with van der Waals surface area (Å²) in [4.78, 5) is 15.2. The van der Waals surface area contributed by atoms with E-state index in [4.69, 9.17) is 4.52 Å². The van der Waals surface area contributed by atoms with E-state index in [1.165, 1.54) is 0 Å². The second-order valence-electron chi connectivity index (χ2n) is 8.40. The molecule has 9 heteroatoms. The van der Waals surface area contributed by atoms with Gasteiger partial charge in [-0.2, -0.15) is 4.98 Å². The number of piperidine rings is 1. The molecule has 0 aliphatic carbocycles. The molecule has 0 bridgehead atoms. The molecular formula is C21H25N5O3S. The summed E-state index contributed by atoms with van der Waals surface area (Å²) in [5.74, 6) is 1.34. The highest BCUT2D eigenvalue weighted by Gasteiger charge is 2.32. The molecule has 30 heavy (non-hydrogen) atoms. The zero-order valence-electron chi connectivity index (χ0n) is 17.3. The van der Waals surface area contributed by atoms with Crippen LogP contribution in [0, 0.1) is 0 Å². The van der Waals surface area contributed by atoms with Crippen molar-refractivity contribution >= 4 is 15.5 Å². The van der Waals surface area contributed by atoms with Crippen LogP contribution in [0.3, 0.4) is 0 Å². The first-order valence-corrected chi connectivity index (χ1v) is 11.4. The third-order valence-corrected chi connectivity index (χ3v) is 7.75. The summed E-state index contributed by atoms with van der Waals surface area (Å²) < 4.78 is 29.7. The zero-order chi connectivity index (χ0) is 21.4. The number of aromatic nitrogens is 4. The number of nitrogens with zero attached hydrogens (tertiary/aromatic N) is 5. The molecule has 4 heterocycles. The molecule has 158 valence electrons. The van der Waals surface area contributed by atoms with E-state index in [0.29, 0.717) is 17.4 Å². The summed E-state index contributed by atoms with van der Waals surface area (Å²) in [7, 11) is -3.45. The van der Waals surface area contributed by atoms with Gasteiger partial charge in [0.15, 0.2) is 14.9 Å². The first-order chi connectivity index (χ1) is 14.3. The minimum Gasteiger partial charge on any atom is -0.370 e. The van der Waals surface area contributed by atoms with Gasteiger partial charge >= 0.3 is 0 Å². The molecule has 1 fully saturated rings. The van der Waals surface area contributed by atoms with E-state index in [9.17, 15) is 8.42 Å². The van der Waals surface area contributed by atoms with Crippen LogP contribution < -0.4 is 4.90 Å². The van der Waals surface area contributed by atoms with Gasteiger partial charge in [-0.1, -0.05) is 11.2 Å². The van der Waals surface area contributed by atoms with Gasteiger partial charge in [0.05, 0.1) is 16.6 Å². The summed E-state index contributed by atoms with van der Waals surface area (Å²) >= 11 is 0. The van der Waals surface area contributed by atoms with Crippen molar-refractivity contribution in [1.29, 1.82) is 0 Å². The SMILES string of the molecule is CC(C)(C)S(=O)(=O)c1ccc(N2CCC(c3nc(-c4ccccn4)no3)CC2)cn1. The molecule has 0 radical (unpaired) electrons. The lowest BCUT2D eigenvalue weighted by atomic mass is 9.96. The molecule has 8 nitrogen and oxygen atoms in total. The van der Waals surface area contributed by atoms with E-state index >= 15 is 0 Å². The number of hydrogen-bond acceptors (Lipinski definition) is 8. The monoisotopic (exact) mass is 427 g/mol. The van der Waals surface area contributed by atoms with Gasteiger partial charge in [-0.15, -0.1) is 0 Å². The van der Waals surface area contributed by atoms with Crippen LogP contribution in [0.2, 0.25) is 0 Å².